The Bertz CT molecular complexity index is 325. The maximum atomic E-state index is 3.64. The van der Waals surface area contributed by atoms with Crippen LogP contribution in [-0.2, 0) is 0 Å². The van der Waals surface area contributed by atoms with E-state index in [0.29, 0.717) is 6.04 Å². The first-order chi connectivity index (χ1) is 8.79. The van der Waals surface area contributed by atoms with Crippen LogP contribution in [0.4, 0.5) is 0 Å². The van der Waals surface area contributed by atoms with E-state index in [1.165, 1.54) is 55.0 Å². The minimum absolute atomic E-state index is 0.478. The number of nitrogens with one attached hydrogen (secondary N) is 1. The predicted molar refractivity (Wildman–Crippen MR) is 83.9 cm³/mol. The topological polar surface area (TPSA) is 12.0 Å². The smallest absolute Gasteiger partial charge is 0.0328 e. The van der Waals surface area contributed by atoms with Gasteiger partial charge in [-0.15, -0.1) is 0 Å². The highest BCUT2D eigenvalue weighted by Crippen LogP contribution is 2.26. The standard InChI is InChI=1S/C16H26BrN/c1-3-4-5-6-7-8-13-16(18-2)14-11-9-10-12-15(14)17/h9-12,16,18H,3-8,13H2,1-2H3. The lowest BCUT2D eigenvalue weighted by Gasteiger charge is -2.18. The van der Waals surface area contributed by atoms with Gasteiger partial charge in [0.2, 0.25) is 0 Å². The summed E-state index contributed by atoms with van der Waals surface area (Å²) in [6, 6.07) is 9.01. The summed E-state index contributed by atoms with van der Waals surface area (Å²) < 4.78 is 1.22. The first-order valence-corrected chi connectivity index (χ1v) is 8.00. The fraction of sp³-hybridized carbons (Fsp3) is 0.625. The van der Waals surface area contributed by atoms with Crippen LogP contribution in [0.3, 0.4) is 0 Å². The number of hydrogen-bond donors (Lipinski definition) is 1. The molecule has 0 saturated carbocycles. The molecule has 0 aromatic heterocycles. The molecule has 1 nitrogen and oxygen atoms in total. The van der Waals surface area contributed by atoms with Crippen molar-refractivity contribution < 1.29 is 0 Å². The molecule has 0 fully saturated rings. The normalized spacial score (nSPS) is 12.6. The lowest BCUT2D eigenvalue weighted by atomic mass is 10.00. The zero-order valence-electron chi connectivity index (χ0n) is 11.7. The van der Waals surface area contributed by atoms with E-state index in [9.17, 15) is 0 Å². The predicted octanol–water partition coefficient (Wildman–Crippen LogP) is 5.46. The molecule has 0 amide bonds. The highest BCUT2D eigenvalue weighted by molar-refractivity contribution is 9.10. The fourth-order valence-electron chi connectivity index (χ4n) is 2.34. The summed E-state index contributed by atoms with van der Waals surface area (Å²) in [6.07, 6.45) is 9.41. The molecule has 0 bridgehead atoms. The van der Waals surface area contributed by atoms with Crippen molar-refractivity contribution in [2.45, 2.75) is 57.9 Å². The Labute approximate surface area is 120 Å². The average molecular weight is 312 g/mol. The average Bonchev–Trinajstić information content (AvgIpc) is 2.39. The van der Waals surface area contributed by atoms with Gasteiger partial charge in [-0.2, -0.15) is 0 Å². The highest BCUT2D eigenvalue weighted by Gasteiger charge is 2.11. The lowest BCUT2D eigenvalue weighted by Crippen LogP contribution is -2.16. The van der Waals surface area contributed by atoms with Crippen molar-refractivity contribution in [1.82, 2.24) is 5.32 Å². The SMILES string of the molecule is CCCCCCCCC(NC)c1ccccc1Br. The molecule has 1 rings (SSSR count). The molecule has 1 N–H and O–H groups in total. The van der Waals surface area contributed by atoms with Crippen LogP contribution < -0.4 is 5.32 Å². The molecule has 2 heteroatoms. The number of unbranched alkanes of at least 4 members (excludes halogenated alkanes) is 5. The highest BCUT2D eigenvalue weighted by atomic mass is 79.9. The van der Waals surface area contributed by atoms with E-state index in [2.05, 4.69) is 59.5 Å². The van der Waals surface area contributed by atoms with Crippen molar-refractivity contribution in [1.29, 1.82) is 0 Å². The Morgan fingerprint density at radius 1 is 1.06 bits per heavy atom. The maximum absolute atomic E-state index is 3.64. The molecule has 0 radical (unpaired) electrons. The van der Waals surface area contributed by atoms with Crippen molar-refractivity contribution >= 4 is 15.9 Å². The van der Waals surface area contributed by atoms with E-state index in [-0.39, 0.29) is 0 Å². The molecule has 1 atom stereocenters. The van der Waals surface area contributed by atoms with Crippen LogP contribution in [0.25, 0.3) is 0 Å². The van der Waals surface area contributed by atoms with Gasteiger partial charge in [-0.05, 0) is 25.1 Å². The Morgan fingerprint density at radius 2 is 1.72 bits per heavy atom. The van der Waals surface area contributed by atoms with Crippen molar-refractivity contribution in [2.75, 3.05) is 7.05 Å². The molecule has 0 spiro atoms. The molecule has 1 unspecified atom stereocenters. The minimum atomic E-state index is 0.478. The molecule has 0 saturated heterocycles. The zero-order valence-corrected chi connectivity index (χ0v) is 13.3. The second kappa shape index (κ2) is 9.57. The quantitative estimate of drug-likeness (QED) is 0.597. The van der Waals surface area contributed by atoms with Crippen molar-refractivity contribution in [3.63, 3.8) is 0 Å². The van der Waals surface area contributed by atoms with Gasteiger partial charge in [0.25, 0.3) is 0 Å². The molecule has 0 aliphatic rings. The Balaban J connectivity index is 2.32. The monoisotopic (exact) mass is 311 g/mol. The van der Waals surface area contributed by atoms with E-state index >= 15 is 0 Å². The molecular formula is C16H26BrN. The molecular weight excluding hydrogens is 286 g/mol. The van der Waals surface area contributed by atoms with Crippen LogP contribution in [0.2, 0.25) is 0 Å². The first kappa shape index (κ1) is 15.7. The molecule has 0 aliphatic heterocycles. The number of hydrogen-bond acceptors (Lipinski definition) is 1. The van der Waals surface area contributed by atoms with Gasteiger partial charge in [-0.3, -0.25) is 0 Å². The third kappa shape index (κ3) is 5.53. The van der Waals surface area contributed by atoms with Gasteiger partial charge >= 0.3 is 0 Å². The lowest BCUT2D eigenvalue weighted by molar-refractivity contribution is 0.496. The van der Waals surface area contributed by atoms with Crippen molar-refractivity contribution in [2.24, 2.45) is 0 Å². The molecule has 0 aliphatic carbocycles. The second-order valence-corrected chi connectivity index (χ2v) is 5.77. The molecule has 18 heavy (non-hydrogen) atoms. The van der Waals surface area contributed by atoms with Crippen molar-refractivity contribution in [3.8, 4) is 0 Å². The molecule has 1 aromatic carbocycles. The van der Waals surface area contributed by atoms with Crippen LogP contribution >= 0.6 is 15.9 Å². The Kier molecular flexibility index (Phi) is 8.36. The van der Waals surface area contributed by atoms with E-state index in [0.717, 1.165) is 0 Å². The maximum Gasteiger partial charge on any atom is 0.0328 e. The minimum Gasteiger partial charge on any atom is -0.313 e. The summed E-state index contributed by atoms with van der Waals surface area (Å²) >= 11 is 3.64. The summed E-state index contributed by atoms with van der Waals surface area (Å²) in [5.74, 6) is 0. The first-order valence-electron chi connectivity index (χ1n) is 7.21. The van der Waals surface area contributed by atoms with Gasteiger partial charge in [0.15, 0.2) is 0 Å². The zero-order chi connectivity index (χ0) is 13.2. The third-order valence-electron chi connectivity index (χ3n) is 3.48. The third-order valence-corrected chi connectivity index (χ3v) is 4.20. The van der Waals surface area contributed by atoms with E-state index < -0.39 is 0 Å². The number of benzene rings is 1. The van der Waals surface area contributed by atoms with Gasteiger partial charge in [0, 0.05) is 10.5 Å². The van der Waals surface area contributed by atoms with Gasteiger partial charge in [0.1, 0.15) is 0 Å². The summed E-state index contributed by atoms with van der Waals surface area (Å²) in [7, 11) is 2.06. The van der Waals surface area contributed by atoms with Gasteiger partial charge in [0.05, 0.1) is 0 Å². The van der Waals surface area contributed by atoms with Gasteiger partial charge in [-0.1, -0.05) is 79.6 Å². The summed E-state index contributed by atoms with van der Waals surface area (Å²) in [5, 5.41) is 3.43. The van der Waals surface area contributed by atoms with Gasteiger partial charge < -0.3 is 5.32 Å². The second-order valence-electron chi connectivity index (χ2n) is 4.92. The van der Waals surface area contributed by atoms with E-state index in [4.69, 9.17) is 0 Å². The van der Waals surface area contributed by atoms with Crippen LogP contribution in [0, 0.1) is 0 Å². The summed E-state index contributed by atoms with van der Waals surface area (Å²) in [5.41, 5.74) is 1.38. The Morgan fingerprint density at radius 3 is 2.39 bits per heavy atom. The molecule has 0 heterocycles. The van der Waals surface area contributed by atoms with E-state index in [1.54, 1.807) is 0 Å². The van der Waals surface area contributed by atoms with Crippen LogP contribution in [0.5, 0.6) is 0 Å². The molecule has 102 valence electrons. The Hall–Kier alpha value is -0.340. The van der Waals surface area contributed by atoms with E-state index in [1.807, 2.05) is 0 Å². The van der Waals surface area contributed by atoms with Crippen LogP contribution in [-0.4, -0.2) is 7.05 Å². The number of rotatable bonds is 9. The van der Waals surface area contributed by atoms with Crippen LogP contribution in [0.1, 0.15) is 63.5 Å². The van der Waals surface area contributed by atoms with Crippen LogP contribution in [0.15, 0.2) is 28.7 Å². The summed E-state index contributed by atoms with van der Waals surface area (Å²) in [6.45, 7) is 2.27. The number of halogens is 1. The van der Waals surface area contributed by atoms with Crippen molar-refractivity contribution in [3.05, 3.63) is 34.3 Å². The fourth-order valence-corrected chi connectivity index (χ4v) is 2.90. The summed E-state index contributed by atoms with van der Waals surface area (Å²) in [4.78, 5) is 0. The largest absolute Gasteiger partial charge is 0.313 e. The van der Waals surface area contributed by atoms with Gasteiger partial charge in [-0.25, -0.2) is 0 Å². The molecule has 1 aromatic rings.